The molecule has 0 aliphatic rings. The zero-order valence-electron chi connectivity index (χ0n) is 16.4. The molecule has 1 aromatic carbocycles. The lowest BCUT2D eigenvalue weighted by Crippen LogP contribution is -2.15. The molecule has 3 N–H and O–H groups in total. The minimum absolute atomic E-state index is 0.308. The number of primary amides is 1. The monoisotopic (exact) mass is 399 g/mol. The molecule has 3 rings (SSSR count). The molecule has 0 fully saturated rings. The van der Waals surface area contributed by atoms with Crippen molar-refractivity contribution < 1.29 is 9.53 Å². The van der Waals surface area contributed by atoms with Crippen LogP contribution >= 0.6 is 11.3 Å². The second-order valence-corrected chi connectivity index (χ2v) is 7.63. The lowest BCUT2D eigenvalue weighted by atomic mass is 10.1. The second-order valence-electron chi connectivity index (χ2n) is 6.69. The number of thiazole rings is 1. The number of hydrogen-bond donors (Lipinski definition) is 2. The quantitative estimate of drug-likeness (QED) is 0.536. The van der Waals surface area contributed by atoms with Gasteiger partial charge >= 0.3 is 0 Å². The number of rotatable bonds is 9. The Bertz CT molecular complexity index is 970. The number of amides is 1. The Balaban J connectivity index is 1.94. The molecule has 2 heterocycles. The third kappa shape index (κ3) is 4.58. The number of nitrogens with two attached hydrogens (primary N) is 1. The Labute approximate surface area is 168 Å². The number of aromatic nitrogens is 2. The largest absolute Gasteiger partial charge is 0.470 e. The van der Waals surface area contributed by atoms with Gasteiger partial charge in [0.15, 0.2) is 0 Å². The van der Waals surface area contributed by atoms with Crippen molar-refractivity contribution in [1.82, 2.24) is 14.9 Å². The topological polar surface area (TPSA) is 93.4 Å². The molecular formula is C20H25N5O2S. The van der Waals surface area contributed by atoms with Crippen molar-refractivity contribution in [2.24, 2.45) is 5.73 Å². The fourth-order valence-corrected chi connectivity index (χ4v) is 3.65. The van der Waals surface area contributed by atoms with Gasteiger partial charge in [-0.3, -0.25) is 4.79 Å². The summed E-state index contributed by atoms with van der Waals surface area (Å²) >= 11 is 1.36. The second kappa shape index (κ2) is 8.99. The van der Waals surface area contributed by atoms with Crippen molar-refractivity contribution in [3.8, 4) is 5.19 Å². The highest BCUT2D eigenvalue weighted by atomic mass is 32.1. The Kier molecular flexibility index (Phi) is 6.43. The third-order valence-corrected chi connectivity index (χ3v) is 5.18. The van der Waals surface area contributed by atoms with E-state index in [2.05, 4.69) is 27.1 Å². The maximum atomic E-state index is 12.0. The highest BCUT2D eigenvalue weighted by Crippen LogP contribution is 2.35. The Morgan fingerprint density at radius 1 is 1.32 bits per heavy atom. The van der Waals surface area contributed by atoms with Gasteiger partial charge in [0.1, 0.15) is 10.3 Å². The summed E-state index contributed by atoms with van der Waals surface area (Å²) in [6, 6.07) is 7.96. The molecule has 0 unspecified atom stereocenters. The van der Waals surface area contributed by atoms with Gasteiger partial charge in [0.2, 0.25) is 0 Å². The molecule has 7 nitrogen and oxygen atoms in total. The van der Waals surface area contributed by atoms with E-state index in [1.165, 1.54) is 17.5 Å². The van der Waals surface area contributed by atoms with E-state index in [-0.39, 0.29) is 0 Å². The summed E-state index contributed by atoms with van der Waals surface area (Å²) in [6.45, 7) is 3.60. The molecule has 28 heavy (non-hydrogen) atoms. The zero-order valence-corrected chi connectivity index (χ0v) is 17.2. The fourth-order valence-electron chi connectivity index (χ4n) is 2.86. The number of pyridine rings is 1. The van der Waals surface area contributed by atoms with Crippen LogP contribution in [0.2, 0.25) is 0 Å². The summed E-state index contributed by atoms with van der Waals surface area (Å²) in [5.74, 6) is -0.549. The van der Waals surface area contributed by atoms with Crippen LogP contribution in [0.1, 0.15) is 29.3 Å². The summed E-state index contributed by atoms with van der Waals surface area (Å²) in [6.07, 6.45) is 3.26. The Morgan fingerprint density at radius 3 is 2.82 bits per heavy atom. The Hall–Kier alpha value is -2.71. The van der Waals surface area contributed by atoms with E-state index in [9.17, 15) is 4.79 Å². The maximum Gasteiger partial charge on any atom is 0.275 e. The van der Waals surface area contributed by atoms with Crippen molar-refractivity contribution in [1.29, 1.82) is 0 Å². The number of anilines is 2. The number of carbonyl (C=O) groups is 1. The van der Waals surface area contributed by atoms with E-state index in [1.807, 2.05) is 38.4 Å². The van der Waals surface area contributed by atoms with Gasteiger partial charge in [-0.1, -0.05) is 36.5 Å². The molecule has 0 aliphatic carbocycles. The molecule has 2 aromatic heterocycles. The molecule has 0 bridgehead atoms. The summed E-state index contributed by atoms with van der Waals surface area (Å²) in [5, 5.41) is 3.89. The summed E-state index contributed by atoms with van der Waals surface area (Å²) < 4.78 is 5.79. The predicted molar refractivity (Wildman–Crippen MR) is 114 cm³/mol. The molecule has 0 saturated carbocycles. The summed E-state index contributed by atoms with van der Waals surface area (Å²) in [7, 11) is 4.05. The van der Waals surface area contributed by atoms with Crippen LogP contribution in [-0.4, -0.2) is 48.0 Å². The van der Waals surface area contributed by atoms with E-state index in [0.29, 0.717) is 33.4 Å². The first-order valence-corrected chi connectivity index (χ1v) is 10.0. The minimum atomic E-state index is -0.549. The maximum absolute atomic E-state index is 12.0. The average molecular weight is 400 g/mol. The van der Waals surface area contributed by atoms with Crippen LogP contribution in [0.5, 0.6) is 5.19 Å². The number of ether oxygens (including phenoxy) is 1. The standard InChI is InChI=1S/C20H25N5O2S/c1-4-13-8-5-6-9-15(13)23-16-14(18(21)26)12-22-19-17(16)24-20(28-19)27-11-7-10-25(2)3/h5-6,8-9,12H,4,7,10-11H2,1-3H3,(H2,21,26)(H,22,23). The number of nitrogens with one attached hydrogen (secondary N) is 1. The smallest absolute Gasteiger partial charge is 0.275 e. The van der Waals surface area contributed by atoms with Crippen molar-refractivity contribution >= 4 is 39.0 Å². The van der Waals surface area contributed by atoms with Crippen LogP contribution in [0, 0.1) is 0 Å². The van der Waals surface area contributed by atoms with E-state index >= 15 is 0 Å². The van der Waals surface area contributed by atoms with Gasteiger partial charge in [-0.25, -0.2) is 4.98 Å². The number of benzene rings is 1. The zero-order chi connectivity index (χ0) is 20.1. The van der Waals surface area contributed by atoms with E-state index in [4.69, 9.17) is 10.5 Å². The van der Waals surface area contributed by atoms with Gasteiger partial charge in [0.05, 0.1) is 17.9 Å². The molecule has 0 radical (unpaired) electrons. The van der Waals surface area contributed by atoms with Crippen LogP contribution in [0.3, 0.4) is 0 Å². The van der Waals surface area contributed by atoms with Gasteiger partial charge in [-0.05, 0) is 38.6 Å². The molecule has 148 valence electrons. The van der Waals surface area contributed by atoms with Crippen molar-refractivity contribution in [2.75, 3.05) is 32.6 Å². The predicted octanol–water partition coefficient (Wildman–Crippen LogP) is 3.43. The molecular weight excluding hydrogens is 374 g/mol. The van der Waals surface area contributed by atoms with E-state index in [0.717, 1.165) is 30.6 Å². The molecule has 0 spiro atoms. The highest BCUT2D eigenvalue weighted by molar-refractivity contribution is 7.19. The molecule has 0 aliphatic heterocycles. The van der Waals surface area contributed by atoms with Crippen LogP contribution in [0.15, 0.2) is 30.5 Å². The lowest BCUT2D eigenvalue weighted by Gasteiger charge is -2.13. The Morgan fingerprint density at radius 2 is 2.11 bits per heavy atom. The summed E-state index contributed by atoms with van der Waals surface area (Å²) in [5.41, 5.74) is 9.11. The molecule has 3 aromatic rings. The van der Waals surface area contributed by atoms with Crippen molar-refractivity contribution in [3.63, 3.8) is 0 Å². The first kappa shape index (κ1) is 20.0. The average Bonchev–Trinajstić information content (AvgIpc) is 3.09. The number of fused-ring (bicyclic) bond motifs is 1. The van der Waals surface area contributed by atoms with Crippen molar-refractivity contribution in [3.05, 3.63) is 41.6 Å². The first-order valence-electron chi connectivity index (χ1n) is 9.21. The van der Waals surface area contributed by atoms with Gasteiger partial charge in [-0.15, -0.1) is 0 Å². The van der Waals surface area contributed by atoms with Gasteiger partial charge in [0, 0.05) is 18.4 Å². The molecule has 8 heteroatoms. The van der Waals surface area contributed by atoms with Gasteiger partial charge in [0.25, 0.3) is 11.1 Å². The van der Waals surface area contributed by atoms with Crippen LogP contribution < -0.4 is 15.8 Å². The number of aryl methyl sites for hydroxylation is 1. The van der Waals surface area contributed by atoms with Crippen LogP contribution in [0.4, 0.5) is 11.4 Å². The van der Waals surface area contributed by atoms with Crippen LogP contribution in [-0.2, 0) is 6.42 Å². The number of para-hydroxylation sites is 1. The third-order valence-electron chi connectivity index (χ3n) is 4.31. The number of carbonyl (C=O) groups excluding carboxylic acids is 1. The SMILES string of the molecule is CCc1ccccc1Nc1c(C(N)=O)cnc2sc(OCCCN(C)C)nc12. The van der Waals surface area contributed by atoms with Crippen LogP contribution in [0.25, 0.3) is 10.3 Å². The summed E-state index contributed by atoms with van der Waals surface area (Å²) in [4.78, 5) is 23.7. The normalized spacial score (nSPS) is 11.1. The number of hydrogen-bond acceptors (Lipinski definition) is 7. The molecule has 0 atom stereocenters. The molecule has 1 amide bonds. The fraction of sp³-hybridized carbons (Fsp3) is 0.350. The lowest BCUT2D eigenvalue weighted by molar-refractivity contribution is 0.100. The highest BCUT2D eigenvalue weighted by Gasteiger charge is 2.18. The van der Waals surface area contributed by atoms with Gasteiger partial charge < -0.3 is 20.7 Å². The molecule has 0 saturated heterocycles. The van der Waals surface area contributed by atoms with E-state index < -0.39 is 5.91 Å². The minimum Gasteiger partial charge on any atom is -0.470 e. The first-order chi connectivity index (χ1) is 13.5. The van der Waals surface area contributed by atoms with E-state index in [1.54, 1.807) is 0 Å². The number of nitrogens with zero attached hydrogens (tertiary/aromatic N) is 3. The van der Waals surface area contributed by atoms with Crippen molar-refractivity contribution in [2.45, 2.75) is 19.8 Å². The van der Waals surface area contributed by atoms with Gasteiger partial charge in [-0.2, -0.15) is 4.98 Å².